The molecule has 0 heterocycles. The molecule has 0 saturated heterocycles. The van der Waals surface area contributed by atoms with E-state index in [9.17, 15) is 4.79 Å². The van der Waals surface area contributed by atoms with Crippen molar-refractivity contribution in [3.8, 4) is 0 Å². The van der Waals surface area contributed by atoms with E-state index in [0.29, 0.717) is 0 Å². The van der Waals surface area contributed by atoms with Crippen LogP contribution in [-0.4, -0.2) is 5.78 Å². The molecule has 0 aromatic heterocycles. The number of carbonyl (C=O) groups is 1. The Bertz CT molecular complexity index is 291. The second-order valence-corrected chi connectivity index (χ2v) is 5.77. The molecule has 0 bridgehead atoms. The van der Waals surface area contributed by atoms with Crippen molar-refractivity contribution in [2.75, 3.05) is 0 Å². The minimum Gasteiger partial charge on any atom is -0.290 e. The van der Waals surface area contributed by atoms with Gasteiger partial charge in [-0.05, 0) is 42.2 Å². The quantitative estimate of drug-likeness (QED) is 0.573. The lowest BCUT2D eigenvalue weighted by molar-refractivity contribution is -0.110. The van der Waals surface area contributed by atoms with Crippen molar-refractivity contribution in [2.24, 2.45) is 10.8 Å². The lowest BCUT2D eigenvalue weighted by Gasteiger charge is -2.21. The molecule has 98 valence electrons. The minimum absolute atomic E-state index is 0.0969. The molecular formula is C16H28O. The number of allylic oxidation sites excluding steroid dienone is 4. The maximum absolute atomic E-state index is 11.7. The monoisotopic (exact) mass is 236 g/mol. The van der Waals surface area contributed by atoms with E-state index in [0.717, 1.165) is 19.3 Å². The van der Waals surface area contributed by atoms with Crippen LogP contribution in [0, 0.1) is 10.8 Å². The lowest BCUT2D eigenvalue weighted by atomic mass is 9.84. The summed E-state index contributed by atoms with van der Waals surface area (Å²) in [5, 5.41) is 0. The molecule has 0 atom stereocenters. The van der Waals surface area contributed by atoms with E-state index in [-0.39, 0.29) is 16.6 Å². The van der Waals surface area contributed by atoms with Crippen molar-refractivity contribution in [1.82, 2.24) is 0 Å². The van der Waals surface area contributed by atoms with E-state index < -0.39 is 0 Å². The molecule has 0 saturated carbocycles. The zero-order chi connectivity index (χ0) is 13.5. The van der Waals surface area contributed by atoms with Gasteiger partial charge in [-0.2, -0.15) is 0 Å². The molecule has 0 aromatic rings. The van der Waals surface area contributed by atoms with E-state index in [1.165, 1.54) is 0 Å². The molecule has 1 heteroatoms. The molecule has 0 unspecified atom stereocenters. The number of hydrogen-bond acceptors (Lipinski definition) is 1. The van der Waals surface area contributed by atoms with Crippen molar-refractivity contribution < 1.29 is 4.79 Å². The van der Waals surface area contributed by atoms with Gasteiger partial charge in [-0.1, -0.05) is 53.7 Å². The highest BCUT2D eigenvalue weighted by Crippen LogP contribution is 2.27. The predicted molar refractivity (Wildman–Crippen MR) is 76.0 cm³/mol. The zero-order valence-corrected chi connectivity index (χ0v) is 12.3. The third kappa shape index (κ3) is 6.45. The Kier molecular flexibility index (Phi) is 6.44. The topological polar surface area (TPSA) is 17.1 Å². The van der Waals surface area contributed by atoms with Gasteiger partial charge in [-0.3, -0.25) is 4.79 Å². The molecule has 0 aliphatic heterocycles. The number of hydrogen-bond donors (Lipinski definition) is 0. The molecule has 0 N–H and O–H groups in total. The van der Waals surface area contributed by atoms with Gasteiger partial charge in [-0.15, -0.1) is 0 Å². The van der Waals surface area contributed by atoms with Gasteiger partial charge in [0.15, 0.2) is 5.78 Å². The molecule has 0 radical (unpaired) electrons. The van der Waals surface area contributed by atoms with E-state index in [2.05, 4.69) is 47.6 Å². The Morgan fingerprint density at radius 1 is 0.882 bits per heavy atom. The highest BCUT2D eigenvalue weighted by Gasteiger charge is 2.15. The summed E-state index contributed by atoms with van der Waals surface area (Å²) in [6, 6.07) is 0. The Labute approximate surface area is 107 Å². The summed E-state index contributed by atoms with van der Waals surface area (Å²) in [5.74, 6) is 0.0969. The summed E-state index contributed by atoms with van der Waals surface area (Å²) >= 11 is 0. The van der Waals surface area contributed by atoms with Crippen LogP contribution in [0.5, 0.6) is 0 Å². The fourth-order valence-corrected chi connectivity index (χ4v) is 1.25. The second-order valence-electron chi connectivity index (χ2n) is 5.77. The molecule has 0 spiro atoms. The fraction of sp³-hybridized carbons (Fsp3) is 0.688. The van der Waals surface area contributed by atoms with Crippen molar-refractivity contribution in [3.63, 3.8) is 0 Å². The molecule has 17 heavy (non-hydrogen) atoms. The summed E-state index contributed by atoms with van der Waals surface area (Å²) in [6.07, 6.45) is 10.7. The molecule has 0 fully saturated rings. The first-order valence-electron chi connectivity index (χ1n) is 6.71. The second kappa shape index (κ2) is 6.78. The highest BCUT2D eigenvalue weighted by atomic mass is 16.1. The lowest BCUT2D eigenvalue weighted by Crippen LogP contribution is -2.10. The molecule has 0 aliphatic rings. The standard InChI is InChI=1S/C16H28O/c1-7-15(4,5)12-10-14(17)11-13-16(6,8-2)9-3/h10-13H,7-9H2,1-6H3/b12-10+,13-11+. The molecule has 0 rings (SSSR count). The van der Waals surface area contributed by atoms with Gasteiger partial charge in [0, 0.05) is 0 Å². The molecule has 0 aliphatic carbocycles. The van der Waals surface area contributed by atoms with Crippen LogP contribution in [-0.2, 0) is 4.79 Å². The van der Waals surface area contributed by atoms with Gasteiger partial charge in [0.2, 0.25) is 0 Å². The average Bonchev–Trinajstić information content (AvgIpc) is 2.33. The zero-order valence-electron chi connectivity index (χ0n) is 12.3. The van der Waals surface area contributed by atoms with E-state index >= 15 is 0 Å². The summed E-state index contributed by atoms with van der Waals surface area (Å²) in [7, 11) is 0. The van der Waals surface area contributed by atoms with E-state index in [1.807, 2.05) is 6.08 Å². The molecular weight excluding hydrogens is 208 g/mol. The van der Waals surface area contributed by atoms with Gasteiger partial charge in [0.05, 0.1) is 0 Å². The van der Waals surface area contributed by atoms with Crippen LogP contribution in [0.1, 0.15) is 60.8 Å². The summed E-state index contributed by atoms with van der Waals surface area (Å²) < 4.78 is 0. The Hall–Kier alpha value is -0.850. The minimum atomic E-state index is 0.0969. The third-order valence-electron chi connectivity index (χ3n) is 3.88. The number of rotatable bonds is 7. The molecule has 1 nitrogen and oxygen atoms in total. The van der Waals surface area contributed by atoms with Crippen molar-refractivity contribution >= 4 is 5.78 Å². The largest absolute Gasteiger partial charge is 0.290 e. The van der Waals surface area contributed by atoms with E-state index in [1.54, 1.807) is 12.2 Å². The number of ketones is 1. The van der Waals surface area contributed by atoms with Crippen LogP contribution in [0.3, 0.4) is 0 Å². The molecule has 0 amide bonds. The summed E-state index contributed by atoms with van der Waals surface area (Å²) in [6.45, 7) is 12.9. The van der Waals surface area contributed by atoms with Crippen LogP contribution in [0.15, 0.2) is 24.3 Å². The smallest absolute Gasteiger partial charge is 0.178 e. The Morgan fingerprint density at radius 2 is 1.35 bits per heavy atom. The van der Waals surface area contributed by atoms with Crippen LogP contribution < -0.4 is 0 Å². The SMILES string of the molecule is CCC(C)(C)/C=C/C(=O)/C=C/C(C)(CC)CC. The first kappa shape index (κ1) is 16.1. The van der Waals surface area contributed by atoms with Crippen LogP contribution >= 0.6 is 0 Å². The van der Waals surface area contributed by atoms with Crippen LogP contribution in [0.25, 0.3) is 0 Å². The first-order valence-corrected chi connectivity index (χ1v) is 6.71. The normalized spacial score (nSPS) is 13.8. The van der Waals surface area contributed by atoms with Crippen molar-refractivity contribution in [3.05, 3.63) is 24.3 Å². The first-order chi connectivity index (χ1) is 7.78. The maximum Gasteiger partial charge on any atom is 0.178 e. The van der Waals surface area contributed by atoms with Gasteiger partial charge < -0.3 is 0 Å². The van der Waals surface area contributed by atoms with Crippen molar-refractivity contribution in [1.29, 1.82) is 0 Å². The fourth-order valence-electron chi connectivity index (χ4n) is 1.25. The van der Waals surface area contributed by atoms with Gasteiger partial charge in [0.25, 0.3) is 0 Å². The Morgan fingerprint density at radius 3 is 1.76 bits per heavy atom. The van der Waals surface area contributed by atoms with Crippen LogP contribution in [0.2, 0.25) is 0 Å². The number of carbonyl (C=O) groups excluding carboxylic acids is 1. The van der Waals surface area contributed by atoms with Gasteiger partial charge in [0.1, 0.15) is 0 Å². The summed E-state index contributed by atoms with van der Waals surface area (Å²) in [5.41, 5.74) is 0.270. The van der Waals surface area contributed by atoms with Crippen LogP contribution in [0.4, 0.5) is 0 Å². The average molecular weight is 236 g/mol. The van der Waals surface area contributed by atoms with Crippen molar-refractivity contribution in [2.45, 2.75) is 60.8 Å². The highest BCUT2D eigenvalue weighted by molar-refractivity contribution is 5.99. The predicted octanol–water partition coefficient (Wildman–Crippen LogP) is 4.93. The van der Waals surface area contributed by atoms with Gasteiger partial charge in [-0.25, -0.2) is 0 Å². The maximum atomic E-state index is 11.7. The summed E-state index contributed by atoms with van der Waals surface area (Å²) in [4.78, 5) is 11.7. The van der Waals surface area contributed by atoms with E-state index in [4.69, 9.17) is 0 Å². The molecule has 0 aromatic carbocycles. The third-order valence-corrected chi connectivity index (χ3v) is 3.88. The Balaban J connectivity index is 4.52. The van der Waals surface area contributed by atoms with Gasteiger partial charge >= 0.3 is 0 Å².